The third kappa shape index (κ3) is 3.38. The number of esters is 1. The molecule has 0 atom stereocenters. The van der Waals surface area contributed by atoms with E-state index >= 15 is 0 Å². The number of hydrogen-bond acceptors (Lipinski definition) is 7. The Morgan fingerprint density at radius 1 is 1.20 bits per heavy atom. The number of hydrogen-bond donors (Lipinski definition) is 0. The van der Waals surface area contributed by atoms with Crippen molar-refractivity contribution in [1.29, 1.82) is 0 Å². The molecule has 0 amide bonds. The molecule has 124 valence electrons. The Morgan fingerprint density at radius 3 is 2.88 bits per heavy atom. The summed E-state index contributed by atoms with van der Waals surface area (Å²) in [6, 6.07) is 12.3. The van der Waals surface area contributed by atoms with Crippen molar-refractivity contribution in [2.24, 2.45) is 0 Å². The first kappa shape index (κ1) is 15.7. The van der Waals surface area contributed by atoms with Crippen molar-refractivity contribution in [2.75, 3.05) is 0 Å². The van der Waals surface area contributed by atoms with Crippen LogP contribution in [0.15, 0.2) is 52.5 Å². The quantitative estimate of drug-likeness (QED) is 0.496. The Morgan fingerprint density at radius 2 is 2.04 bits per heavy atom. The number of carbonyl (C=O) groups is 1. The van der Waals surface area contributed by atoms with Crippen molar-refractivity contribution in [1.82, 2.24) is 15.1 Å². The Bertz CT molecular complexity index is 1040. The first-order valence-corrected chi connectivity index (χ1v) is 8.54. The standard InChI is InChI=1S/C17H10ClN3O3S/c18-12-4-1-10(2-5-12)16-20-15(24-21-16)8-23-17(22)11-3-6-13-14(7-11)25-9-19-13/h1-7,9H,8H2. The van der Waals surface area contributed by atoms with Gasteiger partial charge in [-0.15, -0.1) is 11.3 Å². The number of halogens is 1. The zero-order valence-electron chi connectivity index (χ0n) is 12.7. The molecule has 2 aromatic heterocycles. The first-order chi connectivity index (χ1) is 12.2. The van der Waals surface area contributed by atoms with Crippen LogP contribution < -0.4 is 0 Å². The third-order valence-electron chi connectivity index (χ3n) is 3.46. The van der Waals surface area contributed by atoms with Gasteiger partial charge in [0.1, 0.15) is 0 Å². The van der Waals surface area contributed by atoms with E-state index in [2.05, 4.69) is 15.1 Å². The predicted molar refractivity (Wildman–Crippen MR) is 93.5 cm³/mol. The minimum atomic E-state index is -0.457. The molecule has 0 aliphatic rings. The van der Waals surface area contributed by atoms with Crippen LogP contribution in [-0.2, 0) is 11.3 Å². The van der Waals surface area contributed by atoms with E-state index in [9.17, 15) is 4.79 Å². The summed E-state index contributed by atoms with van der Waals surface area (Å²) >= 11 is 7.32. The summed E-state index contributed by atoms with van der Waals surface area (Å²) in [5.41, 5.74) is 3.80. The summed E-state index contributed by atoms with van der Waals surface area (Å²) in [5, 5.41) is 4.50. The summed E-state index contributed by atoms with van der Waals surface area (Å²) < 4.78 is 11.3. The van der Waals surface area contributed by atoms with Gasteiger partial charge >= 0.3 is 5.97 Å². The normalized spacial score (nSPS) is 10.9. The molecular formula is C17H10ClN3O3S. The Hall–Kier alpha value is -2.77. The maximum Gasteiger partial charge on any atom is 0.338 e. The average molecular weight is 372 g/mol. The molecule has 0 saturated heterocycles. The van der Waals surface area contributed by atoms with Gasteiger partial charge in [0.2, 0.25) is 5.82 Å². The van der Waals surface area contributed by atoms with E-state index in [0.717, 1.165) is 15.8 Å². The molecule has 8 heteroatoms. The smallest absolute Gasteiger partial charge is 0.338 e. The van der Waals surface area contributed by atoms with Crippen molar-refractivity contribution >= 4 is 39.1 Å². The number of ether oxygens (including phenoxy) is 1. The third-order valence-corrected chi connectivity index (χ3v) is 4.51. The fraction of sp³-hybridized carbons (Fsp3) is 0.0588. The number of rotatable bonds is 4. The molecule has 2 aromatic carbocycles. The second-order valence-corrected chi connectivity index (χ2v) is 6.45. The summed E-state index contributed by atoms with van der Waals surface area (Å²) in [5.74, 6) is 0.174. The van der Waals surface area contributed by atoms with Crippen LogP contribution in [0.3, 0.4) is 0 Å². The number of aromatic nitrogens is 3. The molecule has 0 unspecified atom stereocenters. The highest BCUT2D eigenvalue weighted by Gasteiger charge is 2.13. The van der Waals surface area contributed by atoms with E-state index in [0.29, 0.717) is 16.4 Å². The van der Waals surface area contributed by atoms with Crippen LogP contribution in [0.1, 0.15) is 16.2 Å². The van der Waals surface area contributed by atoms with Gasteiger partial charge in [-0.2, -0.15) is 4.98 Å². The highest BCUT2D eigenvalue weighted by molar-refractivity contribution is 7.16. The van der Waals surface area contributed by atoms with Crippen LogP contribution in [0.25, 0.3) is 21.6 Å². The summed E-state index contributed by atoms with van der Waals surface area (Å²) in [6.07, 6.45) is 0. The fourth-order valence-electron chi connectivity index (χ4n) is 2.22. The molecule has 0 aliphatic heterocycles. The predicted octanol–water partition coefficient (Wildman–Crippen LogP) is 4.36. The van der Waals surface area contributed by atoms with Crippen molar-refractivity contribution in [3.63, 3.8) is 0 Å². The molecule has 0 aliphatic carbocycles. The van der Waals surface area contributed by atoms with E-state index in [1.807, 2.05) is 0 Å². The molecule has 0 radical (unpaired) electrons. The lowest BCUT2D eigenvalue weighted by molar-refractivity contribution is 0.0430. The van der Waals surface area contributed by atoms with Gasteiger partial charge in [0.15, 0.2) is 6.61 Å². The first-order valence-electron chi connectivity index (χ1n) is 7.28. The number of benzene rings is 2. The van der Waals surface area contributed by atoms with E-state index < -0.39 is 5.97 Å². The molecule has 0 bridgehead atoms. The molecule has 2 heterocycles. The maximum atomic E-state index is 12.2. The second-order valence-electron chi connectivity index (χ2n) is 5.13. The van der Waals surface area contributed by atoms with Gasteiger partial charge in [0.05, 0.1) is 21.3 Å². The van der Waals surface area contributed by atoms with Crippen LogP contribution in [0.5, 0.6) is 0 Å². The lowest BCUT2D eigenvalue weighted by Crippen LogP contribution is -2.05. The Balaban J connectivity index is 1.44. The molecule has 4 aromatic rings. The largest absolute Gasteiger partial charge is 0.452 e. The molecule has 6 nitrogen and oxygen atoms in total. The van der Waals surface area contributed by atoms with E-state index in [4.69, 9.17) is 20.9 Å². The Labute approximate surface area is 151 Å². The molecule has 0 N–H and O–H groups in total. The maximum absolute atomic E-state index is 12.2. The number of nitrogens with zero attached hydrogens (tertiary/aromatic N) is 3. The minimum absolute atomic E-state index is 0.0971. The van der Waals surface area contributed by atoms with Crippen LogP contribution in [0, 0.1) is 0 Å². The van der Waals surface area contributed by atoms with E-state index in [1.54, 1.807) is 48.0 Å². The van der Waals surface area contributed by atoms with Crippen molar-refractivity contribution in [3.05, 3.63) is 64.5 Å². The molecule has 25 heavy (non-hydrogen) atoms. The molecular weight excluding hydrogens is 362 g/mol. The number of fused-ring (bicyclic) bond motifs is 1. The van der Waals surface area contributed by atoms with Gasteiger partial charge in [0, 0.05) is 10.6 Å². The Kier molecular flexibility index (Phi) is 4.17. The van der Waals surface area contributed by atoms with Gasteiger partial charge in [-0.25, -0.2) is 9.78 Å². The van der Waals surface area contributed by atoms with Crippen molar-refractivity contribution in [3.8, 4) is 11.4 Å². The van der Waals surface area contributed by atoms with Gasteiger partial charge in [0.25, 0.3) is 5.89 Å². The number of carbonyl (C=O) groups excluding carboxylic acids is 1. The number of thiazole rings is 1. The summed E-state index contributed by atoms with van der Waals surface area (Å²) in [4.78, 5) is 20.5. The molecule has 0 saturated carbocycles. The monoisotopic (exact) mass is 371 g/mol. The van der Waals surface area contributed by atoms with Gasteiger partial charge in [-0.3, -0.25) is 0 Å². The van der Waals surface area contributed by atoms with Crippen molar-refractivity contribution < 1.29 is 14.1 Å². The lowest BCUT2D eigenvalue weighted by Gasteiger charge is -2.01. The van der Waals surface area contributed by atoms with Crippen molar-refractivity contribution in [2.45, 2.75) is 6.61 Å². The minimum Gasteiger partial charge on any atom is -0.452 e. The molecule has 0 fully saturated rings. The molecule has 4 rings (SSSR count). The van der Waals surface area contributed by atoms with Gasteiger partial charge in [-0.05, 0) is 42.5 Å². The highest BCUT2D eigenvalue weighted by atomic mass is 35.5. The summed E-state index contributed by atoms with van der Waals surface area (Å²) in [6.45, 7) is -0.0971. The average Bonchev–Trinajstić information content (AvgIpc) is 3.29. The van der Waals surface area contributed by atoms with E-state index in [1.165, 1.54) is 11.3 Å². The van der Waals surface area contributed by atoms with Crippen LogP contribution in [0.2, 0.25) is 5.02 Å². The zero-order chi connectivity index (χ0) is 17.2. The molecule has 0 spiro atoms. The van der Waals surface area contributed by atoms with Crippen LogP contribution in [0.4, 0.5) is 0 Å². The second kappa shape index (κ2) is 6.62. The van der Waals surface area contributed by atoms with Gasteiger partial charge < -0.3 is 9.26 Å². The SMILES string of the molecule is O=C(OCc1nc(-c2ccc(Cl)cc2)no1)c1ccc2ncsc2c1. The topological polar surface area (TPSA) is 78.1 Å². The zero-order valence-corrected chi connectivity index (χ0v) is 14.3. The highest BCUT2D eigenvalue weighted by Crippen LogP contribution is 2.21. The lowest BCUT2D eigenvalue weighted by atomic mass is 10.2. The van der Waals surface area contributed by atoms with E-state index in [-0.39, 0.29) is 12.5 Å². The van der Waals surface area contributed by atoms with Crippen LogP contribution in [-0.4, -0.2) is 21.1 Å². The fourth-order valence-corrected chi connectivity index (χ4v) is 3.06. The van der Waals surface area contributed by atoms with Crippen LogP contribution >= 0.6 is 22.9 Å². The van der Waals surface area contributed by atoms with Gasteiger partial charge in [-0.1, -0.05) is 16.8 Å². The summed E-state index contributed by atoms with van der Waals surface area (Å²) in [7, 11) is 0.